The van der Waals surface area contributed by atoms with Crippen molar-refractivity contribution >= 4 is 17.5 Å². The molecule has 2 amide bonds. The molecule has 0 saturated carbocycles. The number of benzene rings is 2. The minimum atomic E-state index is -0.352. The fraction of sp³-hybridized carbons (Fsp3) is 0.150. The Balaban J connectivity index is 1.72. The van der Waals surface area contributed by atoms with Crippen LogP contribution in [-0.2, 0) is 0 Å². The van der Waals surface area contributed by atoms with Crippen molar-refractivity contribution < 1.29 is 14.3 Å². The zero-order chi connectivity index (χ0) is 19.2. The number of amides is 2. The summed E-state index contributed by atoms with van der Waals surface area (Å²) in [4.78, 5) is 24.4. The second-order valence-corrected chi connectivity index (χ2v) is 5.74. The van der Waals surface area contributed by atoms with Crippen LogP contribution in [0.5, 0.6) is 5.75 Å². The molecule has 0 aliphatic carbocycles. The Morgan fingerprint density at radius 1 is 1.07 bits per heavy atom. The number of methoxy groups -OCH3 is 1. The molecule has 0 spiro atoms. The molecular formula is C20H20N4O3. The Morgan fingerprint density at radius 3 is 2.56 bits per heavy atom. The summed E-state index contributed by atoms with van der Waals surface area (Å²) in [5.41, 5.74) is 2.10. The molecule has 0 saturated heterocycles. The molecule has 138 valence electrons. The highest BCUT2D eigenvalue weighted by molar-refractivity contribution is 6.03. The average Bonchev–Trinajstić information content (AvgIpc) is 3.19. The maximum Gasteiger partial charge on any atom is 0.276 e. The maximum atomic E-state index is 12.5. The summed E-state index contributed by atoms with van der Waals surface area (Å²) in [7, 11) is 1.60. The van der Waals surface area contributed by atoms with E-state index in [0.29, 0.717) is 17.8 Å². The van der Waals surface area contributed by atoms with Gasteiger partial charge in [0.2, 0.25) is 0 Å². The minimum absolute atomic E-state index is 0.183. The predicted molar refractivity (Wildman–Crippen MR) is 103 cm³/mol. The van der Waals surface area contributed by atoms with Gasteiger partial charge in [0.25, 0.3) is 11.8 Å². The fourth-order valence-electron chi connectivity index (χ4n) is 2.52. The smallest absolute Gasteiger partial charge is 0.276 e. The topological polar surface area (TPSA) is 85.2 Å². The molecule has 0 unspecified atom stereocenters. The molecule has 0 bridgehead atoms. The van der Waals surface area contributed by atoms with Crippen LogP contribution in [0.4, 0.5) is 5.69 Å². The number of nitrogens with one attached hydrogen (secondary N) is 2. The van der Waals surface area contributed by atoms with Crippen molar-refractivity contribution in [2.45, 2.75) is 6.92 Å². The predicted octanol–water partition coefficient (Wildman–Crippen LogP) is 2.88. The third kappa shape index (κ3) is 4.33. The molecule has 2 N–H and O–H groups in total. The van der Waals surface area contributed by atoms with Gasteiger partial charge in [-0.2, -0.15) is 5.10 Å². The van der Waals surface area contributed by atoms with Crippen molar-refractivity contribution in [2.24, 2.45) is 0 Å². The number of anilines is 1. The Kier molecular flexibility index (Phi) is 5.51. The summed E-state index contributed by atoms with van der Waals surface area (Å²) in [6, 6.07) is 15.7. The van der Waals surface area contributed by atoms with E-state index in [4.69, 9.17) is 4.74 Å². The summed E-state index contributed by atoms with van der Waals surface area (Å²) in [6.07, 6.45) is 1.71. The van der Waals surface area contributed by atoms with Gasteiger partial charge in [0.1, 0.15) is 5.75 Å². The number of carbonyl (C=O) groups excluding carboxylic acids is 2. The summed E-state index contributed by atoms with van der Waals surface area (Å²) in [5.74, 6) is 0.212. The van der Waals surface area contributed by atoms with Crippen LogP contribution >= 0.6 is 0 Å². The Bertz CT molecular complexity index is 948. The van der Waals surface area contributed by atoms with Crippen LogP contribution in [0.2, 0.25) is 0 Å². The van der Waals surface area contributed by atoms with E-state index >= 15 is 0 Å². The van der Waals surface area contributed by atoms with E-state index < -0.39 is 0 Å². The molecule has 1 aromatic heterocycles. The van der Waals surface area contributed by atoms with Gasteiger partial charge in [0.15, 0.2) is 5.69 Å². The molecule has 0 aliphatic heterocycles. The van der Waals surface area contributed by atoms with Gasteiger partial charge in [-0.15, -0.1) is 0 Å². The standard InChI is InChI=1S/C20H20N4O3/c1-3-21-19(25)14-5-4-6-15(13-14)22-20(26)18-11-12-24(23-18)16-7-9-17(27-2)10-8-16/h4-13H,3H2,1-2H3,(H,21,25)(H,22,26). The number of hydrogen-bond donors (Lipinski definition) is 2. The number of carbonyl (C=O) groups is 2. The van der Waals surface area contributed by atoms with Gasteiger partial charge in [-0.25, -0.2) is 4.68 Å². The third-order valence-electron chi connectivity index (χ3n) is 3.88. The first-order valence-corrected chi connectivity index (χ1v) is 8.50. The van der Waals surface area contributed by atoms with Gasteiger partial charge < -0.3 is 15.4 Å². The molecule has 0 atom stereocenters. The van der Waals surface area contributed by atoms with Crippen molar-refractivity contribution in [3.63, 3.8) is 0 Å². The number of aromatic nitrogens is 2. The monoisotopic (exact) mass is 364 g/mol. The van der Waals surface area contributed by atoms with Crippen molar-refractivity contribution in [3.05, 3.63) is 72.1 Å². The number of hydrogen-bond acceptors (Lipinski definition) is 4. The minimum Gasteiger partial charge on any atom is -0.497 e. The van der Waals surface area contributed by atoms with E-state index in [2.05, 4.69) is 15.7 Å². The Hall–Kier alpha value is -3.61. The second-order valence-electron chi connectivity index (χ2n) is 5.74. The Morgan fingerprint density at radius 2 is 1.85 bits per heavy atom. The lowest BCUT2D eigenvalue weighted by molar-refractivity contribution is 0.0954. The van der Waals surface area contributed by atoms with E-state index in [1.807, 2.05) is 31.2 Å². The van der Waals surface area contributed by atoms with Crippen molar-refractivity contribution in [1.29, 1.82) is 0 Å². The Labute approximate surface area is 157 Å². The van der Waals surface area contributed by atoms with Crippen LogP contribution in [-0.4, -0.2) is 35.2 Å². The van der Waals surface area contributed by atoms with Gasteiger partial charge in [-0.1, -0.05) is 6.07 Å². The van der Waals surface area contributed by atoms with E-state index in [1.165, 1.54) is 0 Å². The fourth-order valence-corrected chi connectivity index (χ4v) is 2.52. The number of rotatable bonds is 6. The lowest BCUT2D eigenvalue weighted by Gasteiger charge is -2.07. The summed E-state index contributed by atoms with van der Waals surface area (Å²) in [5, 5.41) is 9.79. The lowest BCUT2D eigenvalue weighted by Crippen LogP contribution is -2.22. The highest BCUT2D eigenvalue weighted by atomic mass is 16.5. The van der Waals surface area contributed by atoms with Gasteiger partial charge >= 0.3 is 0 Å². The van der Waals surface area contributed by atoms with E-state index in [0.717, 1.165) is 11.4 Å². The van der Waals surface area contributed by atoms with Crippen molar-refractivity contribution in [3.8, 4) is 11.4 Å². The number of nitrogens with zero attached hydrogens (tertiary/aromatic N) is 2. The van der Waals surface area contributed by atoms with Gasteiger partial charge in [0, 0.05) is 24.0 Å². The van der Waals surface area contributed by atoms with Gasteiger partial charge in [0.05, 0.1) is 12.8 Å². The maximum absolute atomic E-state index is 12.5. The molecule has 3 aromatic rings. The normalized spacial score (nSPS) is 10.3. The van der Waals surface area contributed by atoms with Crippen molar-refractivity contribution in [2.75, 3.05) is 19.0 Å². The molecule has 0 radical (unpaired) electrons. The van der Waals surface area contributed by atoms with Gasteiger partial charge in [-0.05, 0) is 55.5 Å². The molecule has 7 heteroatoms. The van der Waals surface area contributed by atoms with Gasteiger partial charge in [-0.3, -0.25) is 9.59 Å². The van der Waals surface area contributed by atoms with Crippen LogP contribution in [0.1, 0.15) is 27.8 Å². The molecule has 7 nitrogen and oxygen atoms in total. The van der Waals surface area contributed by atoms with Crippen molar-refractivity contribution in [1.82, 2.24) is 15.1 Å². The first kappa shape index (κ1) is 18.2. The number of ether oxygens (including phenoxy) is 1. The van der Waals surface area contributed by atoms with Crippen LogP contribution in [0.3, 0.4) is 0 Å². The summed E-state index contributed by atoms with van der Waals surface area (Å²) >= 11 is 0. The molecule has 1 heterocycles. The molecular weight excluding hydrogens is 344 g/mol. The van der Waals surface area contributed by atoms with E-state index in [1.54, 1.807) is 48.3 Å². The summed E-state index contributed by atoms with van der Waals surface area (Å²) < 4.78 is 6.74. The highest BCUT2D eigenvalue weighted by Crippen LogP contribution is 2.16. The quantitative estimate of drug-likeness (QED) is 0.704. The van der Waals surface area contributed by atoms with Crippen LogP contribution < -0.4 is 15.4 Å². The molecule has 27 heavy (non-hydrogen) atoms. The summed E-state index contributed by atoms with van der Waals surface area (Å²) in [6.45, 7) is 2.39. The first-order chi connectivity index (χ1) is 13.1. The highest BCUT2D eigenvalue weighted by Gasteiger charge is 2.12. The van der Waals surface area contributed by atoms with Crippen LogP contribution in [0.15, 0.2) is 60.8 Å². The molecule has 0 fully saturated rings. The van der Waals surface area contributed by atoms with E-state index in [-0.39, 0.29) is 17.5 Å². The second kappa shape index (κ2) is 8.18. The molecule has 3 rings (SSSR count). The lowest BCUT2D eigenvalue weighted by atomic mass is 10.2. The van der Waals surface area contributed by atoms with Crippen LogP contribution in [0, 0.1) is 0 Å². The molecule has 2 aromatic carbocycles. The molecule has 0 aliphatic rings. The zero-order valence-electron chi connectivity index (χ0n) is 15.1. The zero-order valence-corrected chi connectivity index (χ0v) is 15.1. The SMILES string of the molecule is CCNC(=O)c1cccc(NC(=O)c2ccn(-c3ccc(OC)cc3)n2)c1. The van der Waals surface area contributed by atoms with Crippen LogP contribution in [0.25, 0.3) is 5.69 Å². The average molecular weight is 364 g/mol. The first-order valence-electron chi connectivity index (χ1n) is 8.50. The third-order valence-corrected chi connectivity index (χ3v) is 3.88. The van der Waals surface area contributed by atoms with E-state index in [9.17, 15) is 9.59 Å². The largest absolute Gasteiger partial charge is 0.497 e.